The highest BCUT2D eigenvalue weighted by molar-refractivity contribution is 5.76. The van der Waals surface area contributed by atoms with Crippen LogP contribution in [-0.4, -0.2) is 39.5 Å². The van der Waals surface area contributed by atoms with Crippen LogP contribution in [0.5, 0.6) is 11.5 Å². The molecule has 0 saturated carbocycles. The Labute approximate surface area is 159 Å². The van der Waals surface area contributed by atoms with Gasteiger partial charge in [0.15, 0.2) is 5.60 Å². The molecule has 0 aliphatic rings. The van der Waals surface area contributed by atoms with Crippen LogP contribution < -0.4 is 10.1 Å². The average Bonchev–Trinajstić information content (AvgIpc) is 2.62. The lowest BCUT2D eigenvalue weighted by Crippen LogP contribution is -2.37. The lowest BCUT2D eigenvalue weighted by molar-refractivity contribution is -0.152. The van der Waals surface area contributed by atoms with Crippen LogP contribution in [0.4, 0.5) is 0 Å². The first kappa shape index (κ1) is 20.7. The number of hydrogen-bond acceptors (Lipinski definition) is 5. The second-order valence-electron chi connectivity index (χ2n) is 7.09. The van der Waals surface area contributed by atoms with Crippen LogP contribution in [-0.2, 0) is 11.2 Å². The van der Waals surface area contributed by atoms with Gasteiger partial charge in [-0.25, -0.2) is 4.79 Å². The summed E-state index contributed by atoms with van der Waals surface area (Å²) in [6.07, 6.45) is 0.0922. The Morgan fingerprint density at radius 2 is 1.70 bits per heavy atom. The summed E-state index contributed by atoms with van der Waals surface area (Å²) in [6, 6.07) is 13.7. The summed E-state index contributed by atoms with van der Waals surface area (Å²) in [5.41, 5.74) is 0.549. The third-order valence-electron chi connectivity index (χ3n) is 4.40. The molecule has 2 aromatic rings. The topological polar surface area (TPSA) is 99.0 Å². The van der Waals surface area contributed by atoms with Crippen molar-refractivity contribution in [2.75, 3.05) is 6.54 Å². The number of carbonyl (C=O) groups is 1. The standard InChI is InChI=1S/C21H27NO5/c1-14(19(24)16-6-8-17(23)9-7-16)22-13-12-15-4-10-18(11-5-15)27-21(2,3)20(25)26/h4-11,14,19,22-24H,12-13H2,1-3H3,(H,25,26)/t14-,19+/m1/s1. The number of phenolic OH excluding ortho intramolecular Hbond substituents is 1. The summed E-state index contributed by atoms with van der Waals surface area (Å²) < 4.78 is 5.48. The molecular formula is C21H27NO5. The molecule has 0 spiro atoms. The highest BCUT2D eigenvalue weighted by atomic mass is 16.5. The van der Waals surface area contributed by atoms with Gasteiger partial charge in [-0.05, 0) is 69.1 Å². The number of carboxylic acid groups (broad SMARTS) is 1. The average molecular weight is 373 g/mol. The van der Waals surface area contributed by atoms with Gasteiger partial charge in [-0.1, -0.05) is 24.3 Å². The third kappa shape index (κ3) is 5.98. The van der Waals surface area contributed by atoms with Crippen LogP contribution >= 0.6 is 0 Å². The molecule has 0 aliphatic heterocycles. The van der Waals surface area contributed by atoms with Gasteiger partial charge in [-0.2, -0.15) is 0 Å². The molecule has 0 aromatic heterocycles. The Hall–Kier alpha value is -2.57. The number of aliphatic hydroxyl groups is 1. The van der Waals surface area contributed by atoms with E-state index >= 15 is 0 Å². The predicted octanol–water partition coefficient (Wildman–Crippen LogP) is 2.89. The number of benzene rings is 2. The number of aliphatic carboxylic acids is 1. The Morgan fingerprint density at radius 1 is 1.11 bits per heavy atom. The van der Waals surface area contributed by atoms with Gasteiger partial charge in [0.2, 0.25) is 0 Å². The molecule has 0 heterocycles. The molecule has 0 saturated heterocycles. The molecule has 2 atom stereocenters. The van der Waals surface area contributed by atoms with Gasteiger partial charge in [0, 0.05) is 6.04 Å². The molecule has 0 amide bonds. The largest absolute Gasteiger partial charge is 0.508 e. The first-order valence-electron chi connectivity index (χ1n) is 8.91. The molecule has 2 rings (SSSR count). The highest BCUT2D eigenvalue weighted by Gasteiger charge is 2.29. The molecule has 0 unspecified atom stereocenters. The fraction of sp³-hybridized carbons (Fsp3) is 0.381. The van der Waals surface area contributed by atoms with Gasteiger partial charge in [0.1, 0.15) is 11.5 Å². The Kier molecular flexibility index (Phi) is 6.82. The lowest BCUT2D eigenvalue weighted by Gasteiger charge is -2.22. The summed E-state index contributed by atoms with van der Waals surface area (Å²) in [4.78, 5) is 11.1. The van der Waals surface area contributed by atoms with Crippen molar-refractivity contribution in [3.63, 3.8) is 0 Å². The van der Waals surface area contributed by atoms with Gasteiger partial charge in [-0.3, -0.25) is 0 Å². The summed E-state index contributed by atoms with van der Waals surface area (Å²) in [5.74, 6) is -0.335. The van der Waals surface area contributed by atoms with Gasteiger partial charge < -0.3 is 25.4 Å². The summed E-state index contributed by atoms with van der Waals surface area (Å²) in [5, 5.41) is 32.1. The fourth-order valence-corrected chi connectivity index (χ4v) is 2.58. The Balaban J connectivity index is 1.82. The minimum atomic E-state index is -1.27. The van der Waals surface area contributed by atoms with Crippen LogP contribution in [0.15, 0.2) is 48.5 Å². The zero-order valence-electron chi connectivity index (χ0n) is 15.8. The normalized spacial score (nSPS) is 13.8. The second kappa shape index (κ2) is 8.88. The van der Waals surface area contributed by atoms with E-state index in [2.05, 4.69) is 5.32 Å². The molecule has 6 nitrogen and oxygen atoms in total. The van der Waals surface area contributed by atoms with Crippen molar-refractivity contribution in [3.05, 3.63) is 59.7 Å². The van der Waals surface area contributed by atoms with Gasteiger partial charge in [-0.15, -0.1) is 0 Å². The van der Waals surface area contributed by atoms with Crippen LogP contribution in [0.1, 0.15) is 38.0 Å². The number of rotatable bonds is 9. The number of aliphatic hydroxyl groups excluding tert-OH is 1. The first-order chi connectivity index (χ1) is 12.7. The van der Waals surface area contributed by atoms with Crippen LogP contribution in [0.2, 0.25) is 0 Å². The van der Waals surface area contributed by atoms with E-state index in [1.807, 2.05) is 19.1 Å². The Morgan fingerprint density at radius 3 is 2.26 bits per heavy atom. The van der Waals surface area contributed by atoms with Gasteiger partial charge in [0.25, 0.3) is 0 Å². The third-order valence-corrected chi connectivity index (χ3v) is 4.40. The Bertz CT molecular complexity index is 740. The number of hydrogen-bond donors (Lipinski definition) is 4. The maximum absolute atomic E-state index is 11.1. The van der Waals surface area contributed by atoms with E-state index in [1.165, 1.54) is 13.8 Å². The lowest BCUT2D eigenvalue weighted by atomic mass is 10.0. The van der Waals surface area contributed by atoms with Crippen molar-refractivity contribution in [3.8, 4) is 11.5 Å². The molecule has 0 radical (unpaired) electrons. The predicted molar refractivity (Wildman–Crippen MR) is 103 cm³/mol. The quantitative estimate of drug-likeness (QED) is 0.539. The molecule has 0 aliphatic carbocycles. The van der Waals surface area contributed by atoms with Crippen molar-refractivity contribution in [1.29, 1.82) is 0 Å². The SMILES string of the molecule is C[C@@H](NCCc1ccc(OC(C)(C)C(=O)O)cc1)[C@H](O)c1ccc(O)cc1. The summed E-state index contributed by atoms with van der Waals surface area (Å²) in [6.45, 7) is 5.60. The van der Waals surface area contributed by atoms with Crippen LogP contribution in [0, 0.1) is 0 Å². The smallest absolute Gasteiger partial charge is 0.347 e. The van der Waals surface area contributed by atoms with Crippen molar-refractivity contribution >= 4 is 5.97 Å². The van der Waals surface area contributed by atoms with Crippen molar-refractivity contribution in [2.45, 2.75) is 44.9 Å². The van der Waals surface area contributed by atoms with Crippen molar-refractivity contribution in [1.82, 2.24) is 5.32 Å². The summed E-state index contributed by atoms with van der Waals surface area (Å²) >= 11 is 0. The van der Waals surface area contributed by atoms with Crippen LogP contribution in [0.3, 0.4) is 0 Å². The number of carboxylic acids is 1. The van der Waals surface area contributed by atoms with Crippen molar-refractivity contribution < 1.29 is 24.9 Å². The van der Waals surface area contributed by atoms with E-state index in [-0.39, 0.29) is 11.8 Å². The minimum absolute atomic E-state index is 0.145. The van der Waals surface area contributed by atoms with Crippen molar-refractivity contribution in [2.24, 2.45) is 0 Å². The van der Waals surface area contributed by atoms with Gasteiger partial charge >= 0.3 is 5.97 Å². The van der Waals surface area contributed by atoms with E-state index in [0.29, 0.717) is 12.3 Å². The molecular weight excluding hydrogens is 346 g/mol. The molecule has 6 heteroatoms. The zero-order valence-corrected chi connectivity index (χ0v) is 15.8. The molecule has 2 aromatic carbocycles. The zero-order chi connectivity index (χ0) is 20.0. The highest BCUT2D eigenvalue weighted by Crippen LogP contribution is 2.21. The first-order valence-corrected chi connectivity index (χ1v) is 8.91. The molecule has 4 N–H and O–H groups in total. The number of phenols is 1. The maximum atomic E-state index is 11.1. The van der Waals surface area contributed by atoms with Crippen LogP contribution in [0.25, 0.3) is 0 Å². The molecule has 146 valence electrons. The van der Waals surface area contributed by atoms with E-state index in [9.17, 15) is 15.0 Å². The number of nitrogens with one attached hydrogen (secondary N) is 1. The number of aromatic hydroxyl groups is 1. The molecule has 0 fully saturated rings. The van der Waals surface area contributed by atoms with E-state index in [4.69, 9.17) is 9.84 Å². The van der Waals surface area contributed by atoms with E-state index < -0.39 is 17.7 Å². The minimum Gasteiger partial charge on any atom is -0.508 e. The van der Waals surface area contributed by atoms with E-state index in [0.717, 1.165) is 17.5 Å². The maximum Gasteiger partial charge on any atom is 0.347 e. The second-order valence-corrected chi connectivity index (χ2v) is 7.09. The fourth-order valence-electron chi connectivity index (χ4n) is 2.58. The summed E-state index contributed by atoms with van der Waals surface area (Å²) in [7, 11) is 0. The molecule has 0 bridgehead atoms. The van der Waals surface area contributed by atoms with E-state index in [1.54, 1.807) is 36.4 Å². The monoisotopic (exact) mass is 373 g/mol. The molecule has 27 heavy (non-hydrogen) atoms. The van der Waals surface area contributed by atoms with Gasteiger partial charge in [0.05, 0.1) is 6.10 Å². The number of ether oxygens (including phenoxy) is 1.